The van der Waals surface area contributed by atoms with Gasteiger partial charge in [-0.3, -0.25) is 10.00 Å². The molecule has 0 spiro atoms. The summed E-state index contributed by atoms with van der Waals surface area (Å²) < 4.78 is 6.83. The van der Waals surface area contributed by atoms with Gasteiger partial charge in [-0.15, -0.1) is 5.10 Å². The second kappa shape index (κ2) is 6.12. The van der Waals surface area contributed by atoms with E-state index in [2.05, 4.69) is 30.9 Å². The van der Waals surface area contributed by atoms with Crippen molar-refractivity contribution in [2.75, 3.05) is 5.32 Å². The average molecular weight is 305 g/mol. The van der Waals surface area contributed by atoms with Gasteiger partial charge in [0.2, 0.25) is 11.8 Å². The van der Waals surface area contributed by atoms with Gasteiger partial charge >= 0.3 is 6.03 Å². The smallest absolute Gasteiger partial charge is 0.322 e. The van der Waals surface area contributed by atoms with Crippen molar-refractivity contribution in [2.24, 2.45) is 7.05 Å². The second-order valence-electron chi connectivity index (χ2n) is 5.31. The molecule has 2 aromatic rings. The van der Waals surface area contributed by atoms with Gasteiger partial charge in [0.1, 0.15) is 5.82 Å². The third-order valence-electron chi connectivity index (χ3n) is 3.74. The summed E-state index contributed by atoms with van der Waals surface area (Å²) in [5.41, 5.74) is 0. The lowest BCUT2D eigenvalue weighted by Gasteiger charge is -2.20. The second-order valence-corrected chi connectivity index (χ2v) is 5.31. The van der Waals surface area contributed by atoms with Crippen molar-refractivity contribution in [3.63, 3.8) is 0 Å². The maximum absolute atomic E-state index is 11.8. The van der Waals surface area contributed by atoms with Gasteiger partial charge in [0.05, 0.1) is 6.54 Å². The highest BCUT2D eigenvalue weighted by atomic mass is 16.5. The van der Waals surface area contributed by atoms with E-state index in [-0.39, 0.29) is 12.5 Å². The van der Waals surface area contributed by atoms with E-state index in [4.69, 9.17) is 4.52 Å². The number of hydrogen-bond donors (Lipinski definition) is 2. The Morgan fingerprint density at radius 3 is 2.86 bits per heavy atom. The minimum atomic E-state index is -0.400. The first-order chi connectivity index (χ1) is 10.7. The Kier molecular flexibility index (Phi) is 4.03. The van der Waals surface area contributed by atoms with Crippen molar-refractivity contribution in [3.05, 3.63) is 17.5 Å². The summed E-state index contributed by atoms with van der Waals surface area (Å²) in [6.45, 7) is 2.18. The molecule has 0 aromatic carbocycles. The van der Waals surface area contributed by atoms with Crippen LogP contribution >= 0.6 is 0 Å². The summed E-state index contributed by atoms with van der Waals surface area (Å²) in [6, 6.07) is -0.400. The van der Waals surface area contributed by atoms with Crippen LogP contribution in [-0.2, 0) is 20.0 Å². The lowest BCUT2D eigenvalue weighted by molar-refractivity contribution is 0.251. The number of carbonyl (C=O) groups is 1. The van der Waals surface area contributed by atoms with E-state index in [0.717, 1.165) is 25.1 Å². The average Bonchev–Trinajstić information content (AvgIpc) is 3.01. The molecule has 0 bridgehead atoms. The highest BCUT2D eigenvalue weighted by Gasteiger charge is 2.25. The molecule has 0 atom stereocenters. The molecular formula is C13H19N7O2. The molecule has 9 heteroatoms. The standard InChI is InChI=1S/C13H19N7O2/c1-3-10-16-12(18-20(10)2)17-13(21)14-7-9-15-11(22-19-9)8-5-4-6-8/h8H,3-7H2,1-2H3,(H2,14,17,18,21). The van der Waals surface area contributed by atoms with Crippen LogP contribution in [0.1, 0.15) is 49.6 Å². The van der Waals surface area contributed by atoms with E-state index in [1.807, 2.05) is 6.92 Å². The monoisotopic (exact) mass is 305 g/mol. The van der Waals surface area contributed by atoms with Crippen molar-refractivity contribution in [1.82, 2.24) is 30.2 Å². The normalized spacial score (nSPS) is 14.6. The lowest BCUT2D eigenvalue weighted by Crippen LogP contribution is -2.29. The number of amides is 2. The fourth-order valence-corrected chi connectivity index (χ4v) is 2.24. The van der Waals surface area contributed by atoms with Crippen molar-refractivity contribution < 1.29 is 9.32 Å². The number of carbonyl (C=O) groups excluding carboxylic acids is 1. The fourth-order valence-electron chi connectivity index (χ4n) is 2.24. The molecule has 9 nitrogen and oxygen atoms in total. The molecule has 3 rings (SSSR count). The molecule has 2 amide bonds. The Morgan fingerprint density at radius 2 is 2.23 bits per heavy atom. The quantitative estimate of drug-likeness (QED) is 0.862. The van der Waals surface area contributed by atoms with Crippen molar-refractivity contribution in [2.45, 2.75) is 45.1 Å². The molecule has 22 heavy (non-hydrogen) atoms. The molecule has 1 aliphatic rings. The summed E-state index contributed by atoms with van der Waals surface area (Å²) in [5, 5.41) is 13.2. The number of aryl methyl sites for hydroxylation is 2. The SMILES string of the molecule is CCc1nc(NC(=O)NCc2noc(C3CCC3)n2)nn1C. The van der Waals surface area contributed by atoms with E-state index < -0.39 is 6.03 Å². The minimum absolute atomic E-state index is 0.204. The molecule has 1 fully saturated rings. The molecule has 0 radical (unpaired) electrons. The van der Waals surface area contributed by atoms with E-state index in [1.165, 1.54) is 6.42 Å². The third-order valence-corrected chi connectivity index (χ3v) is 3.74. The maximum Gasteiger partial charge on any atom is 0.322 e. The minimum Gasteiger partial charge on any atom is -0.339 e. The summed E-state index contributed by atoms with van der Waals surface area (Å²) in [6.07, 6.45) is 4.15. The molecule has 2 N–H and O–H groups in total. The van der Waals surface area contributed by atoms with E-state index in [1.54, 1.807) is 11.7 Å². The summed E-state index contributed by atoms with van der Waals surface area (Å²) in [5.74, 6) is 2.61. The summed E-state index contributed by atoms with van der Waals surface area (Å²) in [7, 11) is 1.79. The van der Waals surface area contributed by atoms with Gasteiger partial charge < -0.3 is 9.84 Å². The summed E-state index contributed by atoms with van der Waals surface area (Å²) in [4.78, 5) is 20.3. The van der Waals surface area contributed by atoms with Crippen molar-refractivity contribution >= 4 is 12.0 Å². The molecule has 1 saturated carbocycles. The Bertz CT molecular complexity index is 659. The highest BCUT2D eigenvalue weighted by molar-refractivity contribution is 5.87. The third kappa shape index (κ3) is 3.07. The van der Waals surface area contributed by atoms with Gasteiger partial charge in [-0.2, -0.15) is 9.97 Å². The van der Waals surface area contributed by atoms with Gasteiger partial charge in [-0.25, -0.2) is 4.79 Å². The zero-order valence-electron chi connectivity index (χ0n) is 12.7. The Hall–Kier alpha value is -2.45. The van der Waals surface area contributed by atoms with E-state index >= 15 is 0 Å². The molecule has 0 unspecified atom stereocenters. The van der Waals surface area contributed by atoms with Crippen LogP contribution in [0.25, 0.3) is 0 Å². The van der Waals surface area contributed by atoms with Crippen LogP contribution in [0.15, 0.2) is 4.52 Å². The van der Waals surface area contributed by atoms with Gasteiger partial charge in [0.15, 0.2) is 5.82 Å². The van der Waals surface area contributed by atoms with Gasteiger partial charge in [0, 0.05) is 19.4 Å². The Labute approximate surface area is 127 Å². The van der Waals surface area contributed by atoms with Gasteiger partial charge in [-0.1, -0.05) is 18.5 Å². The highest BCUT2D eigenvalue weighted by Crippen LogP contribution is 2.35. The largest absolute Gasteiger partial charge is 0.339 e. The van der Waals surface area contributed by atoms with Crippen molar-refractivity contribution in [3.8, 4) is 0 Å². The summed E-state index contributed by atoms with van der Waals surface area (Å²) >= 11 is 0. The first-order valence-corrected chi connectivity index (χ1v) is 7.43. The topological polar surface area (TPSA) is 111 Å². The molecule has 0 aliphatic heterocycles. The van der Waals surface area contributed by atoms with Gasteiger partial charge in [-0.05, 0) is 12.8 Å². The number of urea groups is 1. The van der Waals surface area contributed by atoms with Crippen LogP contribution in [0.3, 0.4) is 0 Å². The van der Waals surface area contributed by atoms with E-state index in [0.29, 0.717) is 17.6 Å². The molecule has 0 saturated heterocycles. The molecule has 2 heterocycles. The van der Waals surface area contributed by atoms with Crippen LogP contribution in [-0.4, -0.2) is 30.9 Å². The molecule has 118 valence electrons. The molecule has 1 aliphatic carbocycles. The molecular weight excluding hydrogens is 286 g/mol. The van der Waals surface area contributed by atoms with Gasteiger partial charge in [0.25, 0.3) is 0 Å². The number of anilines is 1. The zero-order valence-corrected chi connectivity index (χ0v) is 12.7. The van der Waals surface area contributed by atoms with Crippen LogP contribution in [0.2, 0.25) is 0 Å². The Balaban J connectivity index is 1.50. The first kappa shape index (κ1) is 14.5. The van der Waals surface area contributed by atoms with Crippen LogP contribution in [0, 0.1) is 0 Å². The number of nitrogens with zero attached hydrogens (tertiary/aromatic N) is 5. The zero-order chi connectivity index (χ0) is 15.5. The first-order valence-electron chi connectivity index (χ1n) is 7.43. The number of rotatable bonds is 5. The predicted molar refractivity (Wildman–Crippen MR) is 77.1 cm³/mol. The Morgan fingerprint density at radius 1 is 1.41 bits per heavy atom. The fraction of sp³-hybridized carbons (Fsp3) is 0.615. The van der Waals surface area contributed by atoms with E-state index in [9.17, 15) is 4.79 Å². The number of aromatic nitrogens is 5. The lowest BCUT2D eigenvalue weighted by atomic mass is 9.85. The maximum atomic E-state index is 11.8. The van der Waals surface area contributed by atoms with Crippen LogP contribution in [0.5, 0.6) is 0 Å². The van der Waals surface area contributed by atoms with Crippen LogP contribution < -0.4 is 10.6 Å². The number of hydrogen-bond acceptors (Lipinski definition) is 6. The molecule has 2 aromatic heterocycles. The predicted octanol–water partition coefficient (Wildman–Crippen LogP) is 1.35. The van der Waals surface area contributed by atoms with Crippen LogP contribution in [0.4, 0.5) is 10.7 Å². The van der Waals surface area contributed by atoms with Crippen molar-refractivity contribution in [1.29, 1.82) is 0 Å². The number of nitrogens with one attached hydrogen (secondary N) is 2.